The number of urea groups is 1. The number of amides is 3. The lowest BCUT2D eigenvalue weighted by Crippen LogP contribution is -2.35. The molecule has 1 aromatic carbocycles. The quantitative estimate of drug-likeness (QED) is 0.701. The minimum Gasteiger partial charge on any atom is -0.351 e. The molecule has 0 aromatic heterocycles. The largest absolute Gasteiger partial charge is 0.351 e. The Labute approximate surface area is 79.9 Å². The summed E-state index contributed by atoms with van der Waals surface area (Å²) in [6.45, 7) is 1.64. The lowest BCUT2D eigenvalue weighted by Gasteiger charge is -2.02. The molecule has 0 radical (unpaired) electrons. The first-order valence-corrected chi connectivity index (χ1v) is 3.87. The van der Waals surface area contributed by atoms with Gasteiger partial charge in [0.25, 0.3) is 5.91 Å². The number of halogens is 1. The molecule has 0 heterocycles. The van der Waals surface area contributed by atoms with Crippen LogP contribution >= 0.6 is 0 Å². The Bertz CT molecular complexity index is 370. The van der Waals surface area contributed by atoms with Crippen molar-refractivity contribution in [2.75, 3.05) is 0 Å². The number of hydrogen-bond donors (Lipinski definition) is 2. The van der Waals surface area contributed by atoms with Gasteiger partial charge in [0, 0.05) is 5.56 Å². The van der Waals surface area contributed by atoms with Crippen molar-refractivity contribution in [2.24, 2.45) is 5.73 Å². The fraction of sp³-hybridized carbons (Fsp3) is 0.111. The Morgan fingerprint density at radius 3 is 2.50 bits per heavy atom. The van der Waals surface area contributed by atoms with Crippen LogP contribution in [-0.2, 0) is 0 Å². The fourth-order valence-electron chi connectivity index (χ4n) is 1.05. The Kier molecular flexibility index (Phi) is 2.81. The van der Waals surface area contributed by atoms with Gasteiger partial charge in [-0.1, -0.05) is 0 Å². The van der Waals surface area contributed by atoms with E-state index in [1.165, 1.54) is 12.1 Å². The zero-order valence-electron chi connectivity index (χ0n) is 7.50. The smallest absolute Gasteiger partial charge is 0.319 e. The van der Waals surface area contributed by atoms with Crippen LogP contribution in [0.5, 0.6) is 0 Å². The van der Waals surface area contributed by atoms with Gasteiger partial charge < -0.3 is 5.73 Å². The molecule has 0 aliphatic heterocycles. The van der Waals surface area contributed by atoms with Gasteiger partial charge in [0.15, 0.2) is 0 Å². The lowest BCUT2D eigenvalue weighted by molar-refractivity contribution is 0.0965. The van der Waals surface area contributed by atoms with Gasteiger partial charge in [0.2, 0.25) is 0 Å². The minimum atomic E-state index is -0.961. The van der Waals surface area contributed by atoms with Crippen LogP contribution in [0.2, 0.25) is 0 Å². The van der Waals surface area contributed by atoms with Crippen molar-refractivity contribution in [2.45, 2.75) is 6.92 Å². The summed E-state index contributed by atoms with van der Waals surface area (Å²) in [6.07, 6.45) is 0. The number of benzene rings is 1. The second-order valence-corrected chi connectivity index (χ2v) is 2.84. The summed E-state index contributed by atoms with van der Waals surface area (Å²) < 4.78 is 12.8. The third kappa shape index (κ3) is 2.55. The summed E-state index contributed by atoms with van der Waals surface area (Å²) >= 11 is 0. The van der Waals surface area contributed by atoms with E-state index < -0.39 is 17.8 Å². The van der Waals surface area contributed by atoms with Crippen molar-refractivity contribution < 1.29 is 14.0 Å². The molecule has 3 N–H and O–H groups in total. The van der Waals surface area contributed by atoms with Crippen LogP contribution < -0.4 is 11.1 Å². The minimum absolute atomic E-state index is 0.0706. The highest BCUT2D eigenvalue weighted by atomic mass is 19.1. The van der Waals surface area contributed by atoms with Crippen LogP contribution in [0.3, 0.4) is 0 Å². The molecular weight excluding hydrogens is 187 g/mol. The van der Waals surface area contributed by atoms with Gasteiger partial charge in [0.05, 0.1) is 0 Å². The molecule has 0 unspecified atom stereocenters. The number of carbonyl (C=O) groups excluding carboxylic acids is 2. The van der Waals surface area contributed by atoms with Gasteiger partial charge in [0.1, 0.15) is 5.82 Å². The predicted octanol–water partition coefficient (Wildman–Crippen LogP) is 0.943. The van der Waals surface area contributed by atoms with E-state index >= 15 is 0 Å². The summed E-state index contributed by atoms with van der Waals surface area (Å²) in [5.74, 6) is -1.24. The number of primary amides is 1. The SMILES string of the molecule is Cc1cc(F)cc(C(=O)NC(N)=O)c1. The average Bonchev–Trinajstić information content (AvgIpc) is 2.00. The summed E-state index contributed by atoms with van der Waals surface area (Å²) in [4.78, 5) is 21.5. The van der Waals surface area contributed by atoms with E-state index in [1.54, 1.807) is 6.92 Å². The van der Waals surface area contributed by atoms with Crippen molar-refractivity contribution in [3.8, 4) is 0 Å². The van der Waals surface area contributed by atoms with Gasteiger partial charge >= 0.3 is 6.03 Å². The molecule has 0 atom stereocenters. The molecule has 1 aromatic rings. The molecule has 14 heavy (non-hydrogen) atoms. The van der Waals surface area contributed by atoms with E-state index in [1.807, 2.05) is 5.32 Å². The molecule has 0 saturated heterocycles. The van der Waals surface area contributed by atoms with E-state index in [4.69, 9.17) is 5.73 Å². The highest BCUT2D eigenvalue weighted by Crippen LogP contribution is 2.07. The fourth-order valence-corrected chi connectivity index (χ4v) is 1.05. The first kappa shape index (κ1) is 10.2. The van der Waals surface area contributed by atoms with Crippen LogP contribution in [0.4, 0.5) is 9.18 Å². The molecular formula is C9H9FN2O2. The number of nitrogens with two attached hydrogens (primary N) is 1. The number of imide groups is 1. The lowest BCUT2D eigenvalue weighted by atomic mass is 10.1. The second kappa shape index (κ2) is 3.87. The van der Waals surface area contributed by atoms with Gasteiger partial charge in [-0.2, -0.15) is 0 Å². The Hall–Kier alpha value is -1.91. The third-order valence-electron chi connectivity index (χ3n) is 1.54. The third-order valence-corrected chi connectivity index (χ3v) is 1.54. The molecule has 0 aliphatic carbocycles. The van der Waals surface area contributed by atoms with Crippen molar-refractivity contribution in [3.05, 3.63) is 35.1 Å². The van der Waals surface area contributed by atoms with E-state index in [9.17, 15) is 14.0 Å². The highest BCUT2D eigenvalue weighted by molar-refractivity contribution is 6.03. The first-order chi connectivity index (χ1) is 6.49. The summed E-state index contributed by atoms with van der Waals surface area (Å²) in [5, 5.41) is 1.85. The average molecular weight is 196 g/mol. The maximum atomic E-state index is 12.8. The topological polar surface area (TPSA) is 72.2 Å². The standard InChI is InChI=1S/C9H9FN2O2/c1-5-2-6(4-7(10)3-5)8(13)12-9(11)14/h2-4H,1H3,(H3,11,12,13,14). The molecule has 0 saturated carbocycles. The molecule has 4 nitrogen and oxygen atoms in total. The number of hydrogen-bond acceptors (Lipinski definition) is 2. The number of rotatable bonds is 1. The summed E-state index contributed by atoms with van der Waals surface area (Å²) in [5.41, 5.74) is 5.41. The van der Waals surface area contributed by atoms with Gasteiger partial charge in [-0.3, -0.25) is 10.1 Å². The normalized spacial score (nSPS) is 9.57. The molecule has 74 valence electrons. The maximum absolute atomic E-state index is 12.8. The number of carbonyl (C=O) groups is 2. The Morgan fingerprint density at radius 1 is 1.36 bits per heavy atom. The van der Waals surface area contributed by atoms with Crippen molar-refractivity contribution in [3.63, 3.8) is 0 Å². The predicted molar refractivity (Wildman–Crippen MR) is 48.2 cm³/mol. The molecule has 1 rings (SSSR count). The Morgan fingerprint density at radius 2 is 2.00 bits per heavy atom. The van der Waals surface area contributed by atoms with Gasteiger partial charge in [-0.25, -0.2) is 9.18 Å². The monoisotopic (exact) mass is 196 g/mol. The zero-order chi connectivity index (χ0) is 10.7. The van der Waals surface area contributed by atoms with Crippen LogP contribution in [0.1, 0.15) is 15.9 Å². The van der Waals surface area contributed by atoms with Crippen molar-refractivity contribution >= 4 is 11.9 Å². The van der Waals surface area contributed by atoms with E-state index in [-0.39, 0.29) is 5.56 Å². The molecule has 0 fully saturated rings. The van der Waals surface area contributed by atoms with E-state index in [0.29, 0.717) is 5.56 Å². The zero-order valence-corrected chi connectivity index (χ0v) is 7.50. The molecule has 0 aliphatic rings. The summed E-state index contributed by atoms with van der Waals surface area (Å²) in [7, 11) is 0. The van der Waals surface area contributed by atoms with Crippen LogP contribution in [0.25, 0.3) is 0 Å². The Balaban J connectivity index is 2.95. The van der Waals surface area contributed by atoms with Crippen LogP contribution in [-0.4, -0.2) is 11.9 Å². The highest BCUT2D eigenvalue weighted by Gasteiger charge is 2.08. The molecule has 5 heteroatoms. The van der Waals surface area contributed by atoms with Crippen LogP contribution in [0.15, 0.2) is 18.2 Å². The van der Waals surface area contributed by atoms with Gasteiger partial charge in [-0.05, 0) is 30.7 Å². The van der Waals surface area contributed by atoms with Crippen LogP contribution in [0, 0.1) is 12.7 Å². The number of aryl methyl sites for hydroxylation is 1. The van der Waals surface area contributed by atoms with E-state index in [2.05, 4.69) is 0 Å². The second-order valence-electron chi connectivity index (χ2n) is 2.84. The van der Waals surface area contributed by atoms with Gasteiger partial charge in [-0.15, -0.1) is 0 Å². The molecule has 0 spiro atoms. The first-order valence-electron chi connectivity index (χ1n) is 3.87. The molecule has 0 bridgehead atoms. The van der Waals surface area contributed by atoms with Crippen molar-refractivity contribution in [1.82, 2.24) is 5.32 Å². The number of nitrogens with one attached hydrogen (secondary N) is 1. The van der Waals surface area contributed by atoms with Crippen molar-refractivity contribution in [1.29, 1.82) is 0 Å². The maximum Gasteiger partial charge on any atom is 0.319 e. The van der Waals surface area contributed by atoms with E-state index in [0.717, 1.165) is 6.07 Å². The summed E-state index contributed by atoms with van der Waals surface area (Å²) in [6, 6.07) is 2.81. The molecule has 3 amide bonds.